The summed E-state index contributed by atoms with van der Waals surface area (Å²) in [5.41, 5.74) is 0.484. The molecule has 2 heterocycles. The number of hydrogen-bond donors (Lipinski definition) is 0. The highest BCUT2D eigenvalue weighted by molar-refractivity contribution is 7.99. The first-order chi connectivity index (χ1) is 10.7. The van der Waals surface area contributed by atoms with Crippen molar-refractivity contribution in [2.75, 3.05) is 31.1 Å². The van der Waals surface area contributed by atoms with E-state index in [0.29, 0.717) is 17.1 Å². The van der Waals surface area contributed by atoms with Crippen LogP contribution < -0.4 is 0 Å². The third-order valence-corrected chi connectivity index (χ3v) is 5.50. The summed E-state index contributed by atoms with van der Waals surface area (Å²) < 4.78 is 0. The third kappa shape index (κ3) is 3.10. The minimum atomic E-state index is -0.327. The van der Waals surface area contributed by atoms with E-state index in [1.165, 1.54) is 0 Å². The number of carbonyl (C=O) groups is 2. The number of halogens is 1. The summed E-state index contributed by atoms with van der Waals surface area (Å²) in [6.45, 7) is 2.20. The van der Waals surface area contributed by atoms with Crippen LogP contribution in [0.5, 0.6) is 0 Å². The van der Waals surface area contributed by atoms with Crippen molar-refractivity contribution in [3.8, 4) is 0 Å². The zero-order chi connectivity index (χ0) is 15.5. The fourth-order valence-corrected chi connectivity index (χ4v) is 4.17. The minimum absolute atomic E-state index is 0.0956. The maximum atomic E-state index is 12.7. The summed E-state index contributed by atoms with van der Waals surface area (Å²) in [6.07, 6.45) is 1.62. The van der Waals surface area contributed by atoms with E-state index < -0.39 is 0 Å². The molecule has 0 radical (unpaired) electrons. The number of nitrogens with zero attached hydrogens (tertiary/aromatic N) is 2. The van der Waals surface area contributed by atoms with Crippen molar-refractivity contribution in [3.05, 3.63) is 34.9 Å². The molecule has 1 atom stereocenters. The number of likely N-dealkylation sites (tertiary alicyclic amines) is 1. The van der Waals surface area contributed by atoms with Gasteiger partial charge in [-0.05, 0) is 25.0 Å². The number of hydrogen-bond acceptors (Lipinski definition) is 3. The molecule has 118 valence electrons. The van der Waals surface area contributed by atoms with Crippen molar-refractivity contribution < 1.29 is 9.59 Å². The molecule has 0 saturated carbocycles. The van der Waals surface area contributed by atoms with Crippen molar-refractivity contribution in [2.24, 2.45) is 0 Å². The second kappa shape index (κ2) is 6.92. The second-order valence-electron chi connectivity index (χ2n) is 5.57. The number of rotatable bonds is 2. The number of carbonyl (C=O) groups excluding carboxylic acids is 2. The van der Waals surface area contributed by atoms with E-state index in [4.69, 9.17) is 11.6 Å². The van der Waals surface area contributed by atoms with Crippen molar-refractivity contribution >= 4 is 35.2 Å². The average molecular weight is 339 g/mol. The van der Waals surface area contributed by atoms with Gasteiger partial charge in [0, 0.05) is 31.1 Å². The first-order valence-corrected chi connectivity index (χ1v) is 9.14. The van der Waals surface area contributed by atoms with Crippen molar-refractivity contribution in [2.45, 2.75) is 18.9 Å². The van der Waals surface area contributed by atoms with Crippen LogP contribution >= 0.6 is 23.4 Å². The Morgan fingerprint density at radius 3 is 2.59 bits per heavy atom. The Kier molecular flexibility index (Phi) is 4.93. The molecule has 0 N–H and O–H groups in total. The lowest BCUT2D eigenvalue weighted by atomic mass is 10.1. The Hall–Kier alpha value is -1.20. The lowest BCUT2D eigenvalue weighted by Gasteiger charge is -2.32. The SMILES string of the molecule is O=C([C@H]1CCCN1C(=O)c1ccccc1Cl)N1CCSCC1. The van der Waals surface area contributed by atoms with E-state index in [1.54, 1.807) is 29.2 Å². The zero-order valence-corrected chi connectivity index (χ0v) is 13.9. The molecule has 0 spiro atoms. The summed E-state index contributed by atoms with van der Waals surface area (Å²) in [5, 5.41) is 0.444. The quantitative estimate of drug-likeness (QED) is 0.832. The predicted octanol–water partition coefficient (Wildman–Crippen LogP) is 2.52. The lowest BCUT2D eigenvalue weighted by molar-refractivity contribution is -0.134. The van der Waals surface area contributed by atoms with Crippen molar-refractivity contribution in [1.29, 1.82) is 0 Å². The van der Waals surface area contributed by atoms with Crippen LogP contribution in [-0.2, 0) is 4.79 Å². The van der Waals surface area contributed by atoms with Gasteiger partial charge in [-0.2, -0.15) is 11.8 Å². The number of benzene rings is 1. The van der Waals surface area contributed by atoms with E-state index in [2.05, 4.69) is 0 Å². The van der Waals surface area contributed by atoms with Gasteiger partial charge in [0.2, 0.25) is 5.91 Å². The van der Waals surface area contributed by atoms with Crippen LogP contribution in [0.15, 0.2) is 24.3 Å². The molecule has 1 aromatic rings. The molecule has 6 heteroatoms. The summed E-state index contributed by atoms with van der Waals surface area (Å²) in [5.74, 6) is 1.93. The highest BCUT2D eigenvalue weighted by Crippen LogP contribution is 2.25. The maximum Gasteiger partial charge on any atom is 0.256 e. The van der Waals surface area contributed by atoms with Gasteiger partial charge in [0.15, 0.2) is 0 Å². The number of amides is 2. The van der Waals surface area contributed by atoms with E-state index >= 15 is 0 Å². The smallest absolute Gasteiger partial charge is 0.256 e. The average Bonchev–Trinajstić information content (AvgIpc) is 3.04. The molecule has 2 fully saturated rings. The van der Waals surface area contributed by atoms with Crippen molar-refractivity contribution in [3.63, 3.8) is 0 Å². The Morgan fingerprint density at radius 1 is 1.14 bits per heavy atom. The van der Waals surface area contributed by atoms with Crippen LogP contribution in [0, 0.1) is 0 Å². The van der Waals surface area contributed by atoms with E-state index in [1.807, 2.05) is 16.7 Å². The maximum absolute atomic E-state index is 12.7. The molecule has 2 aliphatic heterocycles. The molecule has 0 aliphatic carbocycles. The fourth-order valence-electron chi connectivity index (χ4n) is 3.05. The minimum Gasteiger partial charge on any atom is -0.339 e. The monoisotopic (exact) mass is 338 g/mol. The van der Waals surface area contributed by atoms with E-state index in [9.17, 15) is 9.59 Å². The van der Waals surface area contributed by atoms with Gasteiger partial charge in [0.1, 0.15) is 6.04 Å². The molecule has 0 aromatic heterocycles. The van der Waals surface area contributed by atoms with Crippen LogP contribution in [0.2, 0.25) is 5.02 Å². The summed E-state index contributed by atoms with van der Waals surface area (Å²) in [4.78, 5) is 29.1. The Balaban J connectivity index is 1.76. The molecule has 2 aliphatic rings. The highest BCUT2D eigenvalue weighted by Gasteiger charge is 2.37. The van der Waals surface area contributed by atoms with Gasteiger partial charge in [-0.3, -0.25) is 9.59 Å². The van der Waals surface area contributed by atoms with Gasteiger partial charge in [-0.15, -0.1) is 0 Å². The molecule has 22 heavy (non-hydrogen) atoms. The first kappa shape index (κ1) is 15.7. The molecular formula is C16H19ClN2O2S. The molecule has 0 unspecified atom stereocenters. The van der Waals surface area contributed by atoms with Gasteiger partial charge in [-0.1, -0.05) is 23.7 Å². The Morgan fingerprint density at radius 2 is 1.86 bits per heavy atom. The van der Waals surface area contributed by atoms with Gasteiger partial charge < -0.3 is 9.80 Å². The summed E-state index contributed by atoms with van der Waals surface area (Å²) in [7, 11) is 0. The Bertz CT molecular complexity index is 575. The van der Waals surface area contributed by atoms with Gasteiger partial charge in [0.25, 0.3) is 5.91 Å². The van der Waals surface area contributed by atoms with Crippen LogP contribution in [0.4, 0.5) is 0 Å². The molecule has 1 aromatic carbocycles. The van der Waals surface area contributed by atoms with Gasteiger partial charge in [0.05, 0.1) is 10.6 Å². The molecule has 2 saturated heterocycles. The molecule has 3 rings (SSSR count). The largest absolute Gasteiger partial charge is 0.339 e. The second-order valence-corrected chi connectivity index (χ2v) is 7.21. The van der Waals surface area contributed by atoms with Crippen LogP contribution in [0.25, 0.3) is 0 Å². The molecule has 0 bridgehead atoms. The molecule has 4 nitrogen and oxygen atoms in total. The normalized spacial score (nSPS) is 22.0. The van der Waals surface area contributed by atoms with Crippen molar-refractivity contribution in [1.82, 2.24) is 9.80 Å². The highest BCUT2D eigenvalue weighted by atomic mass is 35.5. The predicted molar refractivity (Wildman–Crippen MR) is 89.4 cm³/mol. The Labute approximate surface area is 139 Å². The zero-order valence-electron chi connectivity index (χ0n) is 12.3. The standard InChI is InChI=1S/C16H19ClN2O2S/c17-13-5-2-1-4-12(13)15(20)19-7-3-6-14(19)16(21)18-8-10-22-11-9-18/h1-2,4-5,14H,3,6-11H2/t14-/m1/s1. The van der Waals surface area contributed by atoms with Crippen LogP contribution in [-0.4, -0.2) is 58.8 Å². The van der Waals surface area contributed by atoms with Gasteiger partial charge >= 0.3 is 0 Å². The summed E-state index contributed by atoms with van der Waals surface area (Å²) in [6, 6.07) is 6.71. The topological polar surface area (TPSA) is 40.6 Å². The van der Waals surface area contributed by atoms with E-state index in [0.717, 1.165) is 37.4 Å². The lowest BCUT2D eigenvalue weighted by Crippen LogP contribution is -2.50. The third-order valence-electron chi connectivity index (χ3n) is 4.23. The molecule has 2 amide bonds. The van der Waals surface area contributed by atoms with Crippen LogP contribution in [0.1, 0.15) is 23.2 Å². The first-order valence-electron chi connectivity index (χ1n) is 7.60. The van der Waals surface area contributed by atoms with Crippen LogP contribution in [0.3, 0.4) is 0 Å². The number of thioether (sulfide) groups is 1. The summed E-state index contributed by atoms with van der Waals surface area (Å²) >= 11 is 8.00. The molecular weight excluding hydrogens is 320 g/mol. The fraction of sp³-hybridized carbons (Fsp3) is 0.500. The van der Waals surface area contributed by atoms with Gasteiger partial charge in [-0.25, -0.2) is 0 Å². The van der Waals surface area contributed by atoms with E-state index in [-0.39, 0.29) is 17.9 Å².